The minimum Gasteiger partial charge on any atom is -0.326 e. The van der Waals surface area contributed by atoms with Gasteiger partial charge in [0.25, 0.3) is 0 Å². The summed E-state index contributed by atoms with van der Waals surface area (Å²) in [6.07, 6.45) is 0. The zero-order valence-corrected chi connectivity index (χ0v) is 14.4. The first-order chi connectivity index (χ1) is 9.79. The summed E-state index contributed by atoms with van der Waals surface area (Å²) in [5.41, 5.74) is 7.78. The van der Waals surface area contributed by atoms with Crippen LogP contribution in [0.3, 0.4) is 0 Å². The summed E-state index contributed by atoms with van der Waals surface area (Å²) in [6.45, 7) is 13.3. The van der Waals surface area contributed by atoms with Gasteiger partial charge in [0.2, 0.25) is 0 Å². The summed E-state index contributed by atoms with van der Waals surface area (Å²) >= 11 is 6.00. The highest BCUT2D eigenvalue weighted by atomic mass is 35.5. The van der Waals surface area contributed by atoms with Crippen LogP contribution in [0.1, 0.15) is 39.3 Å². The van der Waals surface area contributed by atoms with Gasteiger partial charge in [0.1, 0.15) is 0 Å². The predicted molar refractivity (Wildman–Crippen MR) is 90.7 cm³/mol. The molecule has 0 aliphatic carbocycles. The van der Waals surface area contributed by atoms with Gasteiger partial charge in [-0.15, -0.1) is 0 Å². The quantitative estimate of drug-likeness (QED) is 0.931. The van der Waals surface area contributed by atoms with Gasteiger partial charge in [-0.25, -0.2) is 0 Å². The monoisotopic (exact) mass is 309 g/mol. The Morgan fingerprint density at radius 2 is 1.57 bits per heavy atom. The molecule has 2 N–H and O–H groups in total. The van der Waals surface area contributed by atoms with Gasteiger partial charge in [-0.1, -0.05) is 23.7 Å². The molecule has 1 saturated heterocycles. The second-order valence-corrected chi connectivity index (χ2v) is 7.49. The maximum atomic E-state index is 6.27. The van der Waals surface area contributed by atoms with Gasteiger partial charge in [0.15, 0.2) is 0 Å². The largest absolute Gasteiger partial charge is 0.326 e. The van der Waals surface area contributed by atoms with E-state index in [1.54, 1.807) is 0 Å². The second kappa shape index (κ2) is 6.66. The fourth-order valence-electron chi connectivity index (χ4n) is 3.18. The fourth-order valence-corrected chi connectivity index (χ4v) is 3.30. The molecule has 0 bridgehead atoms. The molecule has 1 heterocycles. The highest BCUT2D eigenvalue weighted by Crippen LogP contribution is 2.27. The molecule has 0 saturated carbocycles. The van der Waals surface area contributed by atoms with Crippen LogP contribution in [0.5, 0.6) is 0 Å². The van der Waals surface area contributed by atoms with E-state index in [0.29, 0.717) is 0 Å². The molecule has 2 atom stereocenters. The normalized spacial score (nSPS) is 21.2. The molecule has 3 nitrogen and oxygen atoms in total. The van der Waals surface area contributed by atoms with Gasteiger partial charge < -0.3 is 5.73 Å². The van der Waals surface area contributed by atoms with E-state index in [9.17, 15) is 0 Å². The van der Waals surface area contributed by atoms with E-state index in [1.807, 2.05) is 12.1 Å². The minimum atomic E-state index is 0.104. The first-order valence-electron chi connectivity index (χ1n) is 7.79. The second-order valence-electron chi connectivity index (χ2n) is 7.05. The van der Waals surface area contributed by atoms with Gasteiger partial charge in [0, 0.05) is 48.8 Å². The third-order valence-electron chi connectivity index (χ3n) is 4.37. The Kier molecular flexibility index (Phi) is 5.31. The van der Waals surface area contributed by atoms with Crippen LogP contribution in [0.2, 0.25) is 5.02 Å². The van der Waals surface area contributed by atoms with Crippen molar-refractivity contribution in [3.8, 4) is 0 Å². The maximum Gasteiger partial charge on any atom is 0.0497 e. The van der Waals surface area contributed by atoms with Crippen LogP contribution in [0.15, 0.2) is 24.3 Å². The van der Waals surface area contributed by atoms with Crippen molar-refractivity contribution in [3.05, 3.63) is 34.9 Å². The summed E-state index contributed by atoms with van der Waals surface area (Å²) in [5.74, 6) is 0. The van der Waals surface area contributed by atoms with E-state index >= 15 is 0 Å². The van der Waals surface area contributed by atoms with Crippen LogP contribution >= 0.6 is 11.6 Å². The average Bonchev–Trinajstić information content (AvgIpc) is 2.40. The zero-order chi connectivity index (χ0) is 15.6. The maximum absolute atomic E-state index is 6.27. The topological polar surface area (TPSA) is 32.5 Å². The lowest BCUT2D eigenvalue weighted by atomic mass is 9.97. The van der Waals surface area contributed by atoms with Crippen LogP contribution in [0, 0.1) is 0 Å². The Balaban J connectivity index is 2.09. The standard InChI is InChI=1S/C17H28ClN3/c1-13(19)16(14-5-7-15(18)8-6-14)20-9-11-21(12-10-20)17(2,3)4/h5-8,13,16H,9-12,19H2,1-4H3. The van der Waals surface area contributed by atoms with Crippen molar-refractivity contribution in [2.24, 2.45) is 5.73 Å². The Bertz CT molecular complexity index is 442. The van der Waals surface area contributed by atoms with Crippen molar-refractivity contribution in [1.82, 2.24) is 9.80 Å². The van der Waals surface area contributed by atoms with Crippen LogP contribution in [-0.4, -0.2) is 47.6 Å². The molecule has 1 aliphatic heterocycles. The van der Waals surface area contributed by atoms with Gasteiger partial charge in [0.05, 0.1) is 0 Å². The van der Waals surface area contributed by atoms with Gasteiger partial charge in [-0.05, 0) is 45.4 Å². The zero-order valence-electron chi connectivity index (χ0n) is 13.6. The lowest BCUT2D eigenvalue weighted by molar-refractivity contribution is 0.0369. The van der Waals surface area contributed by atoms with E-state index in [-0.39, 0.29) is 17.6 Å². The molecular weight excluding hydrogens is 282 g/mol. The molecule has 1 aromatic carbocycles. The van der Waals surface area contributed by atoms with Crippen molar-refractivity contribution in [2.75, 3.05) is 26.2 Å². The number of hydrogen-bond donors (Lipinski definition) is 1. The molecule has 0 aromatic heterocycles. The number of benzene rings is 1. The summed E-state index contributed by atoms with van der Waals surface area (Å²) in [7, 11) is 0. The lowest BCUT2D eigenvalue weighted by Crippen LogP contribution is -2.55. The number of nitrogens with zero attached hydrogens (tertiary/aromatic N) is 2. The van der Waals surface area contributed by atoms with Crippen molar-refractivity contribution in [3.63, 3.8) is 0 Å². The third kappa shape index (κ3) is 4.19. The highest BCUT2D eigenvalue weighted by molar-refractivity contribution is 6.30. The summed E-state index contributed by atoms with van der Waals surface area (Å²) in [6, 6.07) is 8.49. The Morgan fingerprint density at radius 1 is 1.05 bits per heavy atom. The number of hydrogen-bond acceptors (Lipinski definition) is 3. The fraction of sp³-hybridized carbons (Fsp3) is 0.647. The van der Waals surface area contributed by atoms with Crippen molar-refractivity contribution >= 4 is 11.6 Å². The number of rotatable bonds is 3. The summed E-state index contributed by atoms with van der Waals surface area (Å²) < 4.78 is 0. The SMILES string of the molecule is CC(N)C(c1ccc(Cl)cc1)N1CCN(C(C)(C)C)CC1. The van der Waals surface area contributed by atoms with E-state index in [4.69, 9.17) is 17.3 Å². The summed E-state index contributed by atoms with van der Waals surface area (Å²) in [4.78, 5) is 5.06. The Labute approximate surface area is 134 Å². The molecule has 1 aliphatic rings. The van der Waals surface area contributed by atoms with Gasteiger partial charge >= 0.3 is 0 Å². The molecule has 0 amide bonds. The Morgan fingerprint density at radius 3 is 2.00 bits per heavy atom. The van der Waals surface area contributed by atoms with Crippen molar-refractivity contribution in [2.45, 2.75) is 45.3 Å². The number of nitrogens with two attached hydrogens (primary N) is 1. The highest BCUT2D eigenvalue weighted by Gasteiger charge is 2.31. The molecule has 2 rings (SSSR count). The minimum absolute atomic E-state index is 0.104. The van der Waals surface area contributed by atoms with E-state index < -0.39 is 0 Å². The van der Waals surface area contributed by atoms with Crippen molar-refractivity contribution in [1.29, 1.82) is 0 Å². The van der Waals surface area contributed by atoms with Gasteiger partial charge in [-0.2, -0.15) is 0 Å². The molecule has 21 heavy (non-hydrogen) atoms. The molecule has 118 valence electrons. The molecule has 4 heteroatoms. The van der Waals surface area contributed by atoms with Crippen molar-refractivity contribution < 1.29 is 0 Å². The van der Waals surface area contributed by atoms with E-state index in [2.05, 4.69) is 49.6 Å². The smallest absolute Gasteiger partial charge is 0.0497 e. The molecule has 1 aromatic rings. The molecule has 1 fully saturated rings. The molecule has 0 radical (unpaired) electrons. The summed E-state index contributed by atoms with van der Waals surface area (Å²) in [5, 5.41) is 0.778. The number of halogens is 1. The van der Waals surface area contributed by atoms with Crippen LogP contribution in [-0.2, 0) is 0 Å². The molecular formula is C17H28ClN3. The van der Waals surface area contributed by atoms with Gasteiger partial charge in [-0.3, -0.25) is 9.80 Å². The predicted octanol–water partition coefficient (Wildman–Crippen LogP) is 3.14. The Hall–Kier alpha value is -0.610. The van der Waals surface area contributed by atoms with Crippen LogP contribution in [0.4, 0.5) is 0 Å². The van der Waals surface area contributed by atoms with E-state index in [1.165, 1.54) is 5.56 Å². The third-order valence-corrected chi connectivity index (χ3v) is 4.62. The molecule has 0 spiro atoms. The van der Waals surface area contributed by atoms with Crippen LogP contribution < -0.4 is 5.73 Å². The molecule has 2 unspecified atom stereocenters. The first-order valence-corrected chi connectivity index (χ1v) is 8.17. The van der Waals surface area contributed by atoms with E-state index in [0.717, 1.165) is 31.2 Å². The van der Waals surface area contributed by atoms with Crippen LogP contribution in [0.25, 0.3) is 0 Å². The number of piperazine rings is 1. The average molecular weight is 310 g/mol. The lowest BCUT2D eigenvalue weighted by Gasteiger charge is -2.45. The first kappa shape index (κ1) is 16.8.